The second-order valence-electron chi connectivity index (χ2n) is 6.75. The number of hydrogen-bond donors (Lipinski definition) is 1. The summed E-state index contributed by atoms with van der Waals surface area (Å²) in [6.45, 7) is -5.54. The summed E-state index contributed by atoms with van der Waals surface area (Å²) in [4.78, 5) is 0. The normalized spacial score (nSPS) is 18.5. The number of benzene rings is 4. The molecule has 0 atom stereocenters. The number of anilines is 2. The molecule has 126 valence electrons. The molecule has 0 fully saturated rings. The van der Waals surface area contributed by atoms with Crippen LogP contribution in [0.2, 0.25) is 0 Å². The van der Waals surface area contributed by atoms with Gasteiger partial charge >= 0.3 is 0 Å². The summed E-state index contributed by atoms with van der Waals surface area (Å²) < 4.78 is 50.4. The van der Waals surface area contributed by atoms with Gasteiger partial charge in [-0.25, -0.2) is 0 Å². The van der Waals surface area contributed by atoms with Gasteiger partial charge in [0.25, 0.3) is 0 Å². The highest BCUT2D eigenvalue weighted by Crippen LogP contribution is 2.50. The molecule has 4 aromatic rings. The average Bonchev–Trinajstić information content (AvgIpc) is 3.03. The van der Waals surface area contributed by atoms with Crippen LogP contribution < -0.4 is 5.32 Å². The van der Waals surface area contributed by atoms with E-state index >= 15 is 0 Å². The van der Waals surface area contributed by atoms with Gasteiger partial charge in [-0.1, -0.05) is 62.2 Å². The van der Waals surface area contributed by atoms with E-state index in [0.29, 0.717) is 22.3 Å². The Morgan fingerprint density at radius 3 is 2.12 bits per heavy atom. The molecule has 0 radical (unpaired) electrons. The van der Waals surface area contributed by atoms with Gasteiger partial charge in [0.05, 0.1) is 0 Å². The number of rotatable bonds is 2. The summed E-state index contributed by atoms with van der Waals surface area (Å²) in [5, 5.41) is 5.08. The molecule has 0 spiro atoms. The van der Waals surface area contributed by atoms with Crippen LogP contribution in [-0.4, -0.2) is 0 Å². The Labute approximate surface area is 162 Å². The van der Waals surface area contributed by atoms with Crippen LogP contribution in [0.1, 0.15) is 33.1 Å². The van der Waals surface area contributed by atoms with Gasteiger partial charge in [0.15, 0.2) is 0 Å². The molecule has 0 aromatic heterocycles. The maximum atomic E-state index is 8.39. The van der Waals surface area contributed by atoms with Gasteiger partial charge in [0, 0.05) is 25.0 Å². The lowest BCUT2D eigenvalue weighted by molar-refractivity contribution is 0.661. The maximum Gasteiger partial charge on any atom is 0.0390 e. The van der Waals surface area contributed by atoms with E-state index in [4.69, 9.17) is 8.22 Å². The lowest BCUT2D eigenvalue weighted by Gasteiger charge is -2.22. The number of fused-ring (bicyclic) bond motifs is 4. The van der Waals surface area contributed by atoms with E-state index in [2.05, 4.69) is 5.32 Å². The maximum absolute atomic E-state index is 8.39. The molecular formula is C25H21N. The van der Waals surface area contributed by atoms with Crippen LogP contribution >= 0.6 is 0 Å². The highest BCUT2D eigenvalue weighted by Gasteiger charge is 2.35. The van der Waals surface area contributed by atoms with Crippen molar-refractivity contribution >= 4 is 22.1 Å². The summed E-state index contributed by atoms with van der Waals surface area (Å²) >= 11 is 0. The van der Waals surface area contributed by atoms with Crippen LogP contribution in [0.15, 0.2) is 84.9 Å². The summed E-state index contributed by atoms with van der Waals surface area (Å²) in [5.41, 5.74) is 1.51. The molecule has 1 aliphatic carbocycles. The van der Waals surface area contributed by atoms with E-state index in [1.807, 2.05) is 66.7 Å². The first-order valence-electron chi connectivity index (χ1n) is 11.6. The molecule has 0 heterocycles. The van der Waals surface area contributed by atoms with Crippen molar-refractivity contribution in [3.63, 3.8) is 0 Å². The van der Waals surface area contributed by atoms with Gasteiger partial charge in [-0.2, -0.15) is 0 Å². The molecule has 5 rings (SSSR count). The fourth-order valence-electron chi connectivity index (χ4n) is 3.78. The summed E-state index contributed by atoms with van der Waals surface area (Å²) in [6.07, 6.45) is 0. The highest BCUT2D eigenvalue weighted by molar-refractivity contribution is 5.94. The first-order chi connectivity index (χ1) is 15.1. The van der Waals surface area contributed by atoms with Gasteiger partial charge in [-0.05, 0) is 69.4 Å². The number of hydrogen-bond acceptors (Lipinski definition) is 1. The zero-order valence-corrected chi connectivity index (χ0v) is 14.1. The summed E-state index contributed by atoms with van der Waals surface area (Å²) in [5.74, 6) is 0. The van der Waals surface area contributed by atoms with Gasteiger partial charge in [0.2, 0.25) is 0 Å². The molecule has 0 saturated heterocycles. The van der Waals surface area contributed by atoms with Gasteiger partial charge in [0.1, 0.15) is 0 Å². The van der Waals surface area contributed by atoms with Crippen LogP contribution in [-0.2, 0) is 5.41 Å². The molecule has 0 unspecified atom stereocenters. The molecule has 1 nitrogen and oxygen atoms in total. The number of para-hydroxylation sites is 1. The second-order valence-corrected chi connectivity index (χ2v) is 6.75. The third-order valence-electron chi connectivity index (χ3n) is 5.07. The third-order valence-corrected chi connectivity index (χ3v) is 5.07. The minimum atomic E-state index is -2.77. The Morgan fingerprint density at radius 1 is 0.654 bits per heavy atom. The Balaban J connectivity index is 1.82. The monoisotopic (exact) mass is 341 g/mol. The van der Waals surface area contributed by atoms with Crippen molar-refractivity contribution in [3.05, 3.63) is 96.1 Å². The largest absolute Gasteiger partial charge is 0.356 e. The van der Waals surface area contributed by atoms with Gasteiger partial charge < -0.3 is 5.32 Å². The van der Waals surface area contributed by atoms with Crippen molar-refractivity contribution in [2.45, 2.75) is 19.1 Å². The van der Waals surface area contributed by atoms with Gasteiger partial charge in [-0.15, -0.1) is 0 Å². The molecule has 1 N–H and O–H groups in total. The minimum absolute atomic E-state index is 0.321. The summed E-state index contributed by atoms with van der Waals surface area (Å²) in [7, 11) is 0. The Morgan fingerprint density at radius 2 is 1.35 bits per heavy atom. The number of nitrogens with one attached hydrogen (secondary N) is 1. The molecule has 0 amide bonds. The van der Waals surface area contributed by atoms with Crippen LogP contribution in [0.3, 0.4) is 0 Å². The fraction of sp³-hybridized carbons (Fsp3) is 0.120. The van der Waals surface area contributed by atoms with Crippen molar-refractivity contribution in [2.24, 2.45) is 0 Å². The smallest absolute Gasteiger partial charge is 0.0390 e. The van der Waals surface area contributed by atoms with E-state index in [0.717, 1.165) is 22.1 Å². The molecule has 0 aliphatic heterocycles. The Kier molecular flexibility index (Phi) is 2.14. The molecule has 0 bridgehead atoms. The van der Waals surface area contributed by atoms with E-state index in [1.54, 1.807) is 18.2 Å². The highest BCUT2D eigenvalue weighted by atomic mass is 14.9. The zero-order valence-electron chi connectivity index (χ0n) is 20.1. The fourth-order valence-corrected chi connectivity index (χ4v) is 3.78. The quantitative estimate of drug-likeness (QED) is 0.418. The van der Waals surface area contributed by atoms with Crippen LogP contribution in [0, 0.1) is 0 Å². The third kappa shape index (κ3) is 2.24. The van der Waals surface area contributed by atoms with Crippen LogP contribution in [0.25, 0.3) is 21.9 Å². The molecule has 1 aliphatic rings. The zero-order chi connectivity index (χ0) is 22.7. The molecule has 1 heteroatoms. The molecular weight excluding hydrogens is 314 g/mol. The van der Waals surface area contributed by atoms with Crippen molar-refractivity contribution in [1.82, 2.24) is 0 Å². The molecule has 4 aromatic carbocycles. The van der Waals surface area contributed by atoms with Crippen molar-refractivity contribution < 1.29 is 8.22 Å². The Bertz CT molecular complexity index is 1310. The van der Waals surface area contributed by atoms with E-state index in [-0.39, 0.29) is 0 Å². The predicted octanol–water partition coefficient (Wildman–Crippen LogP) is 6.89. The summed E-state index contributed by atoms with van der Waals surface area (Å²) in [6, 6.07) is 26.2. The first kappa shape index (κ1) is 10.2. The lowest BCUT2D eigenvalue weighted by atomic mass is 9.82. The van der Waals surface area contributed by atoms with Gasteiger partial charge in [-0.3, -0.25) is 0 Å². The second kappa shape index (κ2) is 5.47. The minimum Gasteiger partial charge on any atom is -0.356 e. The predicted molar refractivity (Wildman–Crippen MR) is 111 cm³/mol. The lowest BCUT2D eigenvalue weighted by Crippen LogP contribution is -2.14. The van der Waals surface area contributed by atoms with Crippen LogP contribution in [0.4, 0.5) is 11.4 Å². The van der Waals surface area contributed by atoms with E-state index < -0.39 is 19.1 Å². The average molecular weight is 341 g/mol. The van der Waals surface area contributed by atoms with E-state index in [9.17, 15) is 0 Å². The van der Waals surface area contributed by atoms with Crippen molar-refractivity contribution in [2.75, 3.05) is 5.32 Å². The standard InChI is InChI=1S/C25H21N/c1-25(2)23-13-12-20(26-19-10-4-3-5-11-19)16-22(23)21-14-17-8-6-7-9-18(17)15-24(21)25/h3-16,26H,1-2H3/i1D3,2D3. The SMILES string of the molecule is [2H]C([2H])([2H])C1(C([2H])([2H])[2H])c2ccc(Nc3ccccc3)cc2-c2cc3ccccc3cc21. The van der Waals surface area contributed by atoms with Crippen molar-refractivity contribution in [3.8, 4) is 11.1 Å². The first-order valence-corrected chi connectivity index (χ1v) is 8.63. The topological polar surface area (TPSA) is 12.0 Å². The molecule has 0 saturated carbocycles. The van der Waals surface area contributed by atoms with E-state index in [1.165, 1.54) is 0 Å². The van der Waals surface area contributed by atoms with Crippen LogP contribution in [0.5, 0.6) is 0 Å². The molecule has 26 heavy (non-hydrogen) atoms. The Hall–Kier alpha value is -3.06. The van der Waals surface area contributed by atoms with Crippen molar-refractivity contribution in [1.29, 1.82) is 0 Å².